The Labute approximate surface area is 211 Å². The number of benzene rings is 3. The Balaban J connectivity index is 1.55. The standard InChI is InChI=1S/C31H30N2O3/c1-19-8-15-25-27(16-19)33(31(35)22-9-10-22)30(21-11-13-24(36-2)14-12-21)29-26(32-25)17-23(18-28(29)34)20-6-4-3-5-7-20/h3-8,11-16,22-23,30,32H,9-10,17-18H2,1-2H3/t23-,30+/m1/s1. The van der Waals surface area contributed by atoms with Crippen molar-refractivity contribution in [1.29, 1.82) is 0 Å². The highest BCUT2D eigenvalue weighted by Gasteiger charge is 2.45. The Morgan fingerprint density at radius 2 is 1.69 bits per heavy atom. The van der Waals surface area contributed by atoms with E-state index in [1.54, 1.807) is 7.11 Å². The van der Waals surface area contributed by atoms with E-state index in [1.165, 1.54) is 5.56 Å². The third-order valence-corrected chi connectivity index (χ3v) is 7.60. The highest BCUT2D eigenvalue weighted by molar-refractivity contribution is 6.07. The van der Waals surface area contributed by atoms with Crippen molar-refractivity contribution in [1.82, 2.24) is 0 Å². The van der Waals surface area contributed by atoms with Gasteiger partial charge in [0.15, 0.2) is 5.78 Å². The summed E-state index contributed by atoms with van der Waals surface area (Å²) in [5.41, 5.74) is 6.49. The number of nitrogens with one attached hydrogen (secondary N) is 1. The van der Waals surface area contributed by atoms with Crippen molar-refractivity contribution in [2.75, 3.05) is 17.3 Å². The first kappa shape index (κ1) is 22.6. The van der Waals surface area contributed by atoms with E-state index in [9.17, 15) is 9.59 Å². The van der Waals surface area contributed by atoms with E-state index in [-0.39, 0.29) is 23.5 Å². The maximum Gasteiger partial charge on any atom is 0.231 e. The summed E-state index contributed by atoms with van der Waals surface area (Å²) < 4.78 is 5.39. The fraction of sp³-hybridized carbons (Fsp3) is 0.290. The Kier molecular flexibility index (Phi) is 5.63. The van der Waals surface area contributed by atoms with E-state index >= 15 is 0 Å². The molecule has 0 saturated heterocycles. The van der Waals surface area contributed by atoms with Crippen LogP contribution in [0, 0.1) is 12.8 Å². The van der Waals surface area contributed by atoms with Gasteiger partial charge in [-0.1, -0.05) is 48.5 Å². The van der Waals surface area contributed by atoms with E-state index in [0.29, 0.717) is 12.0 Å². The molecule has 182 valence electrons. The molecule has 0 spiro atoms. The summed E-state index contributed by atoms with van der Waals surface area (Å²) in [6.45, 7) is 2.04. The van der Waals surface area contributed by atoms with E-state index in [4.69, 9.17) is 4.74 Å². The number of rotatable bonds is 4. The Morgan fingerprint density at radius 3 is 2.39 bits per heavy atom. The van der Waals surface area contributed by atoms with Gasteiger partial charge in [0.2, 0.25) is 5.91 Å². The third kappa shape index (κ3) is 3.98. The van der Waals surface area contributed by atoms with Gasteiger partial charge < -0.3 is 10.1 Å². The molecular weight excluding hydrogens is 448 g/mol. The van der Waals surface area contributed by atoms with Gasteiger partial charge in [0.05, 0.1) is 24.5 Å². The second-order valence-corrected chi connectivity index (χ2v) is 10.1. The SMILES string of the molecule is COc1ccc([C@H]2C3=C(C[C@@H](c4ccccc4)CC3=O)Nc3ccc(C)cc3N2C(=O)C2CC2)cc1. The van der Waals surface area contributed by atoms with Gasteiger partial charge >= 0.3 is 0 Å². The number of hydrogen-bond donors (Lipinski definition) is 1. The van der Waals surface area contributed by atoms with Crippen LogP contribution in [0.2, 0.25) is 0 Å². The van der Waals surface area contributed by atoms with Gasteiger partial charge in [-0.25, -0.2) is 0 Å². The van der Waals surface area contributed by atoms with Crippen molar-refractivity contribution in [2.24, 2.45) is 5.92 Å². The minimum Gasteiger partial charge on any atom is -0.497 e. The Morgan fingerprint density at radius 1 is 0.944 bits per heavy atom. The van der Waals surface area contributed by atoms with Crippen LogP contribution in [0.25, 0.3) is 0 Å². The molecule has 5 heteroatoms. The first-order chi connectivity index (χ1) is 17.5. The zero-order valence-corrected chi connectivity index (χ0v) is 20.7. The lowest BCUT2D eigenvalue weighted by Crippen LogP contribution is -2.39. The largest absolute Gasteiger partial charge is 0.497 e. The first-order valence-corrected chi connectivity index (χ1v) is 12.7. The highest BCUT2D eigenvalue weighted by Crippen LogP contribution is 2.49. The third-order valence-electron chi connectivity index (χ3n) is 7.60. The van der Waals surface area contributed by atoms with Crippen LogP contribution in [-0.4, -0.2) is 18.8 Å². The van der Waals surface area contributed by atoms with E-state index < -0.39 is 6.04 Å². The topological polar surface area (TPSA) is 58.6 Å². The van der Waals surface area contributed by atoms with Gasteiger partial charge in [-0.3, -0.25) is 14.5 Å². The maximum atomic E-state index is 14.0. The Bertz CT molecular complexity index is 1360. The molecule has 1 aliphatic heterocycles. The van der Waals surface area contributed by atoms with E-state index in [1.807, 2.05) is 60.4 Å². The Hall–Kier alpha value is -3.86. The first-order valence-electron chi connectivity index (χ1n) is 12.7. The number of carbonyl (C=O) groups excluding carboxylic acids is 2. The quantitative estimate of drug-likeness (QED) is 0.477. The number of ketones is 1. The molecule has 2 atom stereocenters. The molecule has 1 heterocycles. The minimum atomic E-state index is -0.487. The summed E-state index contributed by atoms with van der Waals surface area (Å²) in [5.74, 6) is 1.04. The lowest BCUT2D eigenvalue weighted by molar-refractivity contribution is -0.120. The van der Waals surface area contributed by atoms with Crippen LogP contribution in [0.4, 0.5) is 11.4 Å². The second kappa shape index (κ2) is 8.98. The predicted octanol–water partition coefficient (Wildman–Crippen LogP) is 6.31. The molecule has 0 unspecified atom stereocenters. The number of ether oxygens (including phenoxy) is 1. The molecule has 3 aromatic carbocycles. The number of methoxy groups -OCH3 is 1. The molecule has 1 fully saturated rings. The van der Waals surface area contributed by atoms with E-state index in [0.717, 1.165) is 53.2 Å². The molecule has 1 saturated carbocycles. The number of allylic oxidation sites excluding steroid dienone is 1. The monoisotopic (exact) mass is 478 g/mol. The molecule has 0 bridgehead atoms. The van der Waals surface area contributed by atoms with Crippen LogP contribution in [0.5, 0.6) is 5.75 Å². The van der Waals surface area contributed by atoms with Gasteiger partial charge in [0, 0.05) is 23.6 Å². The van der Waals surface area contributed by atoms with Gasteiger partial charge in [0.25, 0.3) is 0 Å². The zero-order chi connectivity index (χ0) is 24.8. The van der Waals surface area contributed by atoms with Crippen LogP contribution in [0.1, 0.15) is 54.3 Å². The summed E-state index contributed by atoms with van der Waals surface area (Å²) in [5, 5.41) is 3.63. The zero-order valence-electron chi connectivity index (χ0n) is 20.7. The molecule has 3 aromatic rings. The molecule has 6 rings (SSSR count). The highest BCUT2D eigenvalue weighted by atomic mass is 16.5. The number of Topliss-reactive ketones (excluding diaryl/α,β-unsaturated/α-hetero) is 1. The number of carbonyl (C=O) groups is 2. The predicted molar refractivity (Wildman–Crippen MR) is 141 cm³/mol. The minimum absolute atomic E-state index is 0.0111. The number of hydrogen-bond acceptors (Lipinski definition) is 4. The summed E-state index contributed by atoms with van der Waals surface area (Å²) in [4.78, 5) is 29.8. The van der Waals surface area contributed by atoms with E-state index in [2.05, 4.69) is 29.6 Å². The molecule has 1 N–H and O–H groups in total. The van der Waals surface area contributed by atoms with Gasteiger partial charge in [0.1, 0.15) is 5.75 Å². The number of fused-ring (bicyclic) bond motifs is 1. The van der Waals surface area contributed by atoms with Crippen molar-refractivity contribution in [3.8, 4) is 5.75 Å². The fourth-order valence-corrected chi connectivity index (χ4v) is 5.58. The van der Waals surface area contributed by atoms with Crippen LogP contribution < -0.4 is 15.0 Å². The summed E-state index contributed by atoms with van der Waals surface area (Å²) in [6.07, 6.45) is 2.94. The lowest BCUT2D eigenvalue weighted by atomic mass is 9.78. The second-order valence-electron chi connectivity index (χ2n) is 10.1. The van der Waals surface area contributed by atoms with Crippen LogP contribution in [0.15, 0.2) is 84.1 Å². The number of aryl methyl sites for hydroxylation is 1. The molecule has 1 amide bonds. The van der Waals surface area contributed by atoms with Crippen LogP contribution >= 0.6 is 0 Å². The van der Waals surface area contributed by atoms with Crippen LogP contribution in [-0.2, 0) is 9.59 Å². The average molecular weight is 479 g/mol. The number of anilines is 2. The average Bonchev–Trinajstić information content (AvgIpc) is 3.75. The van der Waals surface area contributed by atoms with Gasteiger partial charge in [-0.15, -0.1) is 0 Å². The smallest absolute Gasteiger partial charge is 0.231 e. The number of amides is 1. The van der Waals surface area contributed by atoms with Crippen molar-refractivity contribution in [2.45, 2.75) is 44.6 Å². The molecule has 0 radical (unpaired) electrons. The summed E-state index contributed by atoms with van der Waals surface area (Å²) >= 11 is 0. The fourth-order valence-electron chi connectivity index (χ4n) is 5.58. The lowest BCUT2D eigenvalue weighted by Gasteiger charge is -2.35. The molecule has 5 nitrogen and oxygen atoms in total. The molecule has 0 aromatic heterocycles. The van der Waals surface area contributed by atoms with Gasteiger partial charge in [-0.2, -0.15) is 0 Å². The maximum absolute atomic E-state index is 14.0. The molecule has 36 heavy (non-hydrogen) atoms. The van der Waals surface area contributed by atoms with Crippen molar-refractivity contribution < 1.29 is 14.3 Å². The van der Waals surface area contributed by atoms with Crippen molar-refractivity contribution in [3.63, 3.8) is 0 Å². The molecule has 3 aliphatic rings. The number of nitrogens with zero attached hydrogens (tertiary/aromatic N) is 1. The molecular formula is C31H30N2O3. The van der Waals surface area contributed by atoms with Crippen molar-refractivity contribution in [3.05, 3.63) is 101 Å². The molecule has 2 aliphatic carbocycles. The summed E-state index contributed by atoms with van der Waals surface area (Å²) in [6, 6.07) is 23.7. The normalized spacial score (nSPS) is 21.3. The summed E-state index contributed by atoms with van der Waals surface area (Å²) in [7, 11) is 1.64. The van der Waals surface area contributed by atoms with Gasteiger partial charge in [-0.05, 0) is 73.1 Å². The van der Waals surface area contributed by atoms with Crippen LogP contribution in [0.3, 0.4) is 0 Å². The van der Waals surface area contributed by atoms with Crippen molar-refractivity contribution >= 4 is 23.1 Å².